The number of piperidine rings is 1. The third-order valence-corrected chi connectivity index (χ3v) is 6.09. The minimum absolute atomic E-state index is 0.194. The van der Waals surface area contributed by atoms with E-state index < -0.39 is 0 Å². The number of aryl methyl sites for hydroxylation is 1. The lowest BCUT2D eigenvalue weighted by atomic mass is 9.96. The summed E-state index contributed by atoms with van der Waals surface area (Å²) in [6.45, 7) is 7.01. The summed E-state index contributed by atoms with van der Waals surface area (Å²) in [4.78, 5) is 14.3. The van der Waals surface area contributed by atoms with Crippen molar-refractivity contribution in [3.05, 3.63) is 63.0 Å². The van der Waals surface area contributed by atoms with Gasteiger partial charge < -0.3 is 14.4 Å². The fraction of sp³-hybridized carbons (Fsp3) is 0.348. The van der Waals surface area contributed by atoms with Gasteiger partial charge in [-0.1, -0.05) is 30.7 Å². The van der Waals surface area contributed by atoms with Gasteiger partial charge >= 0.3 is 5.63 Å². The van der Waals surface area contributed by atoms with Crippen LogP contribution in [0.5, 0.6) is 5.75 Å². The van der Waals surface area contributed by atoms with Crippen molar-refractivity contribution in [3.63, 3.8) is 0 Å². The molecule has 1 aliphatic rings. The highest BCUT2D eigenvalue weighted by molar-refractivity contribution is 6.30. The number of hydrogen-bond donors (Lipinski definition) is 2. The van der Waals surface area contributed by atoms with E-state index in [1.165, 1.54) is 17.7 Å². The summed E-state index contributed by atoms with van der Waals surface area (Å²) in [6.07, 6.45) is 2.44. The standard InChI is InChI=1S/C23H24ClNO3/c1-14-4-3-11-25(12-14)13-19-20(26)10-9-18-15(2)21(23(27)28-22(18)19)16-5-7-17(24)8-6-16/h5-10,14,26H,3-4,11-13H2,1-2H3/p+1/t14-/m0/s1. The minimum Gasteiger partial charge on any atom is -0.507 e. The van der Waals surface area contributed by atoms with Gasteiger partial charge in [-0.2, -0.15) is 0 Å². The van der Waals surface area contributed by atoms with Crippen LogP contribution < -0.4 is 10.5 Å². The van der Waals surface area contributed by atoms with E-state index in [4.69, 9.17) is 16.0 Å². The molecule has 146 valence electrons. The molecule has 0 saturated carbocycles. The zero-order valence-corrected chi connectivity index (χ0v) is 17.0. The number of hydrogen-bond acceptors (Lipinski definition) is 3. The average Bonchev–Trinajstić information content (AvgIpc) is 2.66. The van der Waals surface area contributed by atoms with E-state index in [-0.39, 0.29) is 11.4 Å². The van der Waals surface area contributed by atoms with Gasteiger partial charge in [-0.3, -0.25) is 0 Å². The molecule has 1 aliphatic heterocycles. The van der Waals surface area contributed by atoms with Crippen molar-refractivity contribution in [1.29, 1.82) is 0 Å². The van der Waals surface area contributed by atoms with E-state index in [0.29, 0.717) is 28.6 Å². The topological polar surface area (TPSA) is 54.9 Å². The van der Waals surface area contributed by atoms with Crippen LogP contribution in [-0.2, 0) is 6.54 Å². The molecule has 0 spiro atoms. The first-order chi connectivity index (χ1) is 13.4. The second kappa shape index (κ2) is 7.61. The number of phenolic OH excluding ortho intramolecular Hbond substituents is 1. The third kappa shape index (κ3) is 3.54. The highest BCUT2D eigenvalue weighted by atomic mass is 35.5. The molecular weight excluding hydrogens is 374 g/mol. The molecule has 0 bridgehead atoms. The molecule has 4 rings (SSSR count). The van der Waals surface area contributed by atoms with Crippen LogP contribution >= 0.6 is 11.6 Å². The van der Waals surface area contributed by atoms with Gasteiger partial charge in [0.05, 0.1) is 24.2 Å². The molecule has 0 aliphatic carbocycles. The molecule has 0 radical (unpaired) electrons. The first-order valence-electron chi connectivity index (χ1n) is 9.82. The maximum Gasteiger partial charge on any atom is 0.344 e. The number of phenols is 1. The molecule has 2 heterocycles. The summed E-state index contributed by atoms with van der Waals surface area (Å²) in [5, 5.41) is 12.0. The van der Waals surface area contributed by atoms with E-state index in [0.717, 1.165) is 35.2 Å². The van der Waals surface area contributed by atoms with Crippen molar-refractivity contribution in [2.75, 3.05) is 13.1 Å². The third-order valence-electron chi connectivity index (χ3n) is 5.84. The Morgan fingerprint density at radius 3 is 2.68 bits per heavy atom. The lowest BCUT2D eigenvalue weighted by Gasteiger charge is -2.28. The number of halogens is 1. The van der Waals surface area contributed by atoms with Crippen molar-refractivity contribution in [3.8, 4) is 16.9 Å². The number of likely N-dealkylation sites (tertiary alicyclic amines) is 1. The second-order valence-corrected chi connectivity index (χ2v) is 8.40. The quantitative estimate of drug-likeness (QED) is 0.657. The molecule has 5 heteroatoms. The molecule has 0 amide bonds. The van der Waals surface area contributed by atoms with Gasteiger partial charge in [0.25, 0.3) is 0 Å². The van der Waals surface area contributed by atoms with E-state index >= 15 is 0 Å². The van der Waals surface area contributed by atoms with Crippen molar-refractivity contribution in [2.24, 2.45) is 5.92 Å². The van der Waals surface area contributed by atoms with E-state index in [9.17, 15) is 9.90 Å². The molecule has 1 unspecified atom stereocenters. The van der Waals surface area contributed by atoms with E-state index in [1.807, 2.05) is 25.1 Å². The Morgan fingerprint density at radius 1 is 1.21 bits per heavy atom. The highest BCUT2D eigenvalue weighted by Gasteiger charge is 2.24. The molecule has 2 aromatic carbocycles. The predicted molar refractivity (Wildman–Crippen MR) is 112 cm³/mol. The molecule has 2 atom stereocenters. The Hall–Kier alpha value is -2.30. The van der Waals surface area contributed by atoms with Gasteiger partial charge in [0.2, 0.25) is 0 Å². The lowest BCUT2D eigenvalue weighted by molar-refractivity contribution is -0.922. The first kappa shape index (κ1) is 19.0. The van der Waals surface area contributed by atoms with Gasteiger partial charge in [-0.15, -0.1) is 0 Å². The van der Waals surface area contributed by atoms with Gasteiger partial charge in [-0.25, -0.2) is 4.79 Å². The summed E-state index contributed by atoms with van der Waals surface area (Å²) < 4.78 is 5.78. The number of rotatable bonds is 3. The largest absolute Gasteiger partial charge is 0.507 e. The Labute approximate surface area is 169 Å². The van der Waals surface area contributed by atoms with Crippen LogP contribution in [0.4, 0.5) is 0 Å². The SMILES string of the molecule is Cc1c(-c2ccc(Cl)cc2)c(=O)oc2c(C[NH+]3CCC[C@H](C)C3)c(O)ccc12. The average molecular weight is 399 g/mol. The fourth-order valence-electron chi connectivity index (χ4n) is 4.39. The van der Waals surface area contributed by atoms with Crippen LogP contribution in [0.3, 0.4) is 0 Å². The number of fused-ring (bicyclic) bond motifs is 1. The minimum atomic E-state index is -0.388. The van der Waals surface area contributed by atoms with Crippen LogP contribution in [0, 0.1) is 12.8 Å². The molecule has 28 heavy (non-hydrogen) atoms. The lowest BCUT2D eigenvalue weighted by Crippen LogP contribution is -3.12. The van der Waals surface area contributed by atoms with Crippen LogP contribution in [0.15, 0.2) is 45.6 Å². The molecule has 4 nitrogen and oxygen atoms in total. The summed E-state index contributed by atoms with van der Waals surface area (Å²) >= 11 is 5.98. The summed E-state index contributed by atoms with van der Waals surface area (Å²) in [5.74, 6) is 0.867. The Kier molecular flexibility index (Phi) is 5.17. The van der Waals surface area contributed by atoms with Gasteiger partial charge in [0.1, 0.15) is 12.3 Å². The van der Waals surface area contributed by atoms with Crippen molar-refractivity contribution in [1.82, 2.24) is 0 Å². The first-order valence-corrected chi connectivity index (χ1v) is 10.2. The van der Waals surface area contributed by atoms with Crippen LogP contribution in [-0.4, -0.2) is 18.2 Å². The fourth-order valence-corrected chi connectivity index (χ4v) is 4.52. The summed E-state index contributed by atoms with van der Waals surface area (Å²) in [5.41, 5.74) is 3.02. The molecule has 2 N–H and O–H groups in total. The molecular formula is C23H25ClNO3+. The summed E-state index contributed by atoms with van der Waals surface area (Å²) in [7, 11) is 0. The van der Waals surface area contributed by atoms with Gasteiger partial charge in [-0.05, 0) is 55.2 Å². The van der Waals surface area contributed by atoms with Gasteiger partial charge in [0, 0.05) is 16.3 Å². The van der Waals surface area contributed by atoms with Crippen LogP contribution in [0.25, 0.3) is 22.1 Å². The number of quaternary nitrogens is 1. The number of nitrogens with one attached hydrogen (secondary N) is 1. The maximum absolute atomic E-state index is 12.9. The molecule has 1 saturated heterocycles. The number of benzene rings is 2. The smallest absolute Gasteiger partial charge is 0.344 e. The van der Waals surface area contributed by atoms with Crippen molar-refractivity contribution >= 4 is 22.6 Å². The van der Waals surface area contributed by atoms with Crippen LogP contribution in [0.2, 0.25) is 5.02 Å². The van der Waals surface area contributed by atoms with E-state index in [2.05, 4.69) is 6.92 Å². The van der Waals surface area contributed by atoms with Gasteiger partial charge in [0.15, 0.2) is 5.58 Å². The second-order valence-electron chi connectivity index (χ2n) is 7.96. The zero-order chi connectivity index (χ0) is 19.8. The highest BCUT2D eigenvalue weighted by Crippen LogP contribution is 2.32. The number of aromatic hydroxyl groups is 1. The predicted octanol–water partition coefficient (Wildman–Crippen LogP) is 3.94. The molecule has 1 aromatic heterocycles. The normalized spacial score (nSPS) is 19.8. The summed E-state index contributed by atoms with van der Waals surface area (Å²) in [6, 6.07) is 10.7. The molecule has 1 fully saturated rings. The van der Waals surface area contributed by atoms with Crippen molar-refractivity contribution < 1.29 is 14.4 Å². The Balaban J connectivity index is 1.83. The monoisotopic (exact) mass is 398 g/mol. The van der Waals surface area contributed by atoms with E-state index in [1.54, 1.807) is 18.2 Å². The Morgan fingerprint density at radius 2 is 1.96 bits per heavy atom. The zero-order valence-electron chi connectivity index (χ0n) is 16.2. The Bertz CT molecular complexity index is 1070. The van der Waals surface area contributed by atoms with Crippen molar-refractivity contribution in [2.45, 2.75) is 33.2 Å². The maximum atomic E-state index is 12.9. The van der Waals surface area contributed by atoms with Crippen LogP contribution in [0.1, 0.15) is 30.9 Å². The molecule has 3 aromatic rings.